The highest BCUT2D eigenvalue weighted by molar-refractivity contribution is 7.15. The van der Waals surface area contributed by atoms with E-state index in [4.69, 9.17) is 16.3 Å². The monoisotopic (exact) mass is 434 g/mol. The highest BCUT2D eigenvalue weighted by Gasteiger charge is 2.10. The molecule has 0 saturated carbocycles. The van der Waals surface area contributed by atoms with Crippen molar-refractivity contribution in [3.8, 4) is 11.5 Å². The molecule has 150 valence electrons. The molecule has 0 atom stereocenters. The Kier molecular flexibility index (Phi) is 6.12. The molecule has 4 nitrogen and oxygen atoms in total. The predicted molar refractivity (Wildman–Crippen MR) is 122 cm³/mol. The van der Waals surface area contributed by atoms with Crippen molar-refractivity contribution in [3.05, 3.63) is 106 Å². The number of thiazole rings is 1. The highest BCUT2D eigenvalue weighted by Crippen LogP contribution is 2.24. The van der Waals surface area contributed by atoms with Gasteiger partial charge in [-0.3, -0.25) is 10.1 Å². The Morgan fingerprint density at radius 1 is 1.03 bits per heavy atom. The zero-order valence-electron chi connectivity index (χ0n) is 16.3. The third-order valence-corrected chi connectivity index (χ3v) is 5.57. The Hall–Kier alpha value is -3.15. The molecule has 0 aliphatic rings. The third-order valence-electron chi connectivity index (χ3n) is 4.41. The molecule has 30 heavy (non-hydrogen) atoms. The van der Waals surface area contributed by atoms with Crippen molar-refractivity contribution in [1.29, 1.82) is 0 Å². The van der Waals surface area contributed by atoms with Gasteiger partial charge in [0, 0.05) is 28.1 Å². The van der Waals surface area contributed by atoms with Crippen LogP contribution in [-0.4, -0.2) is 10.9 Å². The molecule has 4 aromatic rings. The maximum Gasteiger partial charge on any atom is 0.257 e. The number of aryl methyl sites for hydroxylation is 1. The Bertz CT molecular complexity index is 1150. The molecule has 0 aliphatic carbocycles. The topological polar surface area (TPSA) is 51.2 Å². The van der Waals surface area contributed by atoms with E-state index < -0.39 is 0 Å². The lowest BCUT2D eigenvalue weighted by Crippen LogP contribution is -2.11. The zero-order chi connectivity index (χ0) is 20.9. The van der Waals surface area contributed by atoms with Crippen LogP contribution in [0.1, 0.15) is 26.4 Å². The van der Waals surface area contributed by atoms with Gasteiger partial charge < -0.3 is 4.74 Å². The minimum atomic E-state index is -0.204. The Morgan fingerprint density at radius 3 is 2.53 bits per heavy atom. The lowest BCUT2D eigenvalue weighted by atomic mass is 10.1. The number of benzene rings is 3. The minimum absolute atomic E-state index is 0.204. The van der Waals surface area contributed by atoms with Gasteiger partial charge in [-0.05, 0) is 66.6 Å². The number of nitrogens with one attached hydrogen (secondary N) is 1. The summed E-state index contributed by atoms with van der Waals surface area (Å²) in [4.78, 5) is 17.9. The number of ether oxygens (including phenoxy) is 1. The first-order valence-electron chi connectivity index (χ1n) is 9.40. The fraction of sp³-hybridized carbons (Fsp3) is 0.0833. The number of amides is 1. The molecule has 0 spiro atoms. The SMILES string of the molecule is Cc1cccc(Oc2ccc(C(=O)Nc3ncc(Cc4ccc(Cl)cc4)s3)cc2)c1. The molecule has 1 aromatic heterocycles. The third kappa shape index (κ3) is 5.26. The largest absolute Gasteiger partial charge is 0.457 e. The number of nitrogens with zero attached hydrogens (tertiary/aromatic N) is 1. The molecule has 0 fully saturated rings. The summed E-state index contributed by atoms with van der Waals surface area (Å²) in [6.45, 7) is 2.01. The summed E-state index contributed by atoms with van der Waals surface area (Å²) in [6, 6.07) is 22.6. The van der Waals surface area contributed by atoms with Crippen LogP contribution in [0.2, 0.25) is 5.02 Å². The Labute approximate surface area is 184 Å². The maximum atomic E-state index is 12.5. The Morgan fingerprint density at radius 2 is 1.80 bits per heavy atom. The molecular weight excluding hydrogens is 416 g/mol. The van der Waals surface area contributed by atoms with Crippen LogP contribution < -0.4 is 10.1 Å². The molecule has 0 unspecified atom stereocenters. The van der Waals surface area contributed by atoms with Gasteiger partial charge in [-0.1, -0.05) is 35.9 Å². The average Bonchev–Trinajstić information content (AvgIpc) is 3.17. The fourth-order valence-corrected chi connectivity index (χ4v) is 3.88. The normalized spacial score (nSPS) is 10.6. The summed E-state index contributed by atoms with van der Waals surface area (Å²) in [5.41, 5.74) is 2.81. The molecule has 1 N–H and O–H groups in total. The standard InChI is InChI=1S/C24H19ClN2O2S/c1-16-3-2-4-21(13-16)29-20-11-7-18(8-12-20)23(28)27-24-26-15-22(30-24)14-17-5-9-19(25)10-6-17/h2-13,15H,14H2,1H3,(H,26,27,28). The molecule has 0 bridgehead atoms. The van der Waals surface area contributed by atoms with Crippen molar-refractivity contribution >= 4 is 34.0 Å². The quantitative estimate of drug-likeness (QED) is 0.365. The second-order valence-electron chi connectivity index (χ2n) is 6.83. The lowest BCUT2D eigenvalue weighted by molar-refractivity contribution is 0.102. The number of hydrogen-bond donors (Lipinski definition) is 1. The zero-order valence-corrected chi connectivity index (χ0v) is 17.8. The molecule has 1 amide bonds. The van der Waals surface area contributed by atoms with Crippen molar-refractivity contribution in [1.82, 2.24) is 4.98 Å². The molecular formula is C24H19ClN2O2S. The first kappa shape index (κ1) is 20.1. The van der Waals surface area contributed by atoms with Crippen LogP contribution in [0.4, 0.5) is 5.13 Å². The molecule has 6 heteroatoms. The van der Waals surface area contributed by atoms with E-state index in [0.717, 1.165) is 28.2 Å². The number of hydrogen-bond acceptors (Lipinski definition) is 4. The van der Waals surface area contributed by atoms with Crippen molar-refractivity contribution < 1.29 is 9.53 Å². The van der Waals surface area contributed by atoms with E-state index in [1.54, 1.807) is 30.5 Å². The molecule has 3 aromatic carbocycles. The van der Waals surface area contributed by atoms with E-state index in [9.17, 15) is 4.79 Å². The summed E-state index contributed by atoms with van der Waals surface area (Å²) in [6.07, 6.45) is 2.53. The van der Waals surface area contributed by atoms with Gasteiger partial charge in [0.15, 0.2) is 5.13 Å². The molecule has 0 radical (unpaired) electrons. The lowest BCUT2D eigenvalue weighted by Gasteiger charge is -2.07. The number of carbonyl (C=O) groups excluding carboxylic acids is 1. The first-order valence-corrected chi connectivity index (χ1v) is 10.6. The smallest absolute Gasteiger partial charge is 0.257 e. The van der Waals surface area contributed by atoms with Gasteiger partial charge >= 0.3 is 0 Å². The highest BCUT2D eigenvalue weighted by atomic mass is 35.5. The van der Waals surface area contributed by atoms with Crippen LogP contribution in [0.25, 0.3) is 0 Å². The summed E-state index contributed by atoms with van der Waals surface area (Å²) in [5, 5.41) is 4.14. The van der Waals surface area contributed by atoms with E-state index in [1.807, 2.05) is 55.5 Å². The second-order valence-corrected chi connectivity index (χ2v) is 8.38. The minimum Gasteiger partial charge on any atom is -0.457 e. The van der Waals surface area contributed by atoms with E-state index in [-0.39, 0.29) is 5.91 Å². The van der Waals surface area contributed by atoms with Gasteiger partial charge in [-0.2, -0.15) is 0 Å². The summed E-state index contributed by atoms with van der Waals surface area (Å²) in [7, 11) is 0. The van der Waals surface area contributed by atoms with E-state index in [0.29, 0.717) is 21.5 Å². The summed E-state index contributed by atoms with van der Waals surface area (Å²) in [5.74, 6) is 1.24. The van der Waals surface area contributed by atoms with Gasteiger partial charge in [0.1, 0.15) is 11.5 Å². The van der Waals surface area contributed by atoms with Crippen LogP contribution in [0.5, 0.6) is 11.5 Å². The second kappa shape index (κ2) is 9.11. The predicted octanol–water partition coefficient (Wildman–Crippen LogP) is 6.74. The average molecular weight is 435 g/mol. The van der Waals surface area contributed by atoms with Crippen molar-refractivity contribution in [2.24, 2.45) is 0 Å². The van der Waals surface area contributed by atoms with Crippen LogP contribution in [0.15, 0.2) is 79.0 Å². The van der Waals surface area contributed by atoms with Crippen molar-refractivity contribution in [2.75, 3.05) is 5.32 Å². The number of aromatic nitrogens is 1. The maximum absolute atomic E-state index is 12.5. The van der Waals surface area contributed by atoms with Crippen molar-refractivity contribution in [3.63, 3.8) is 0 Å². The number of anilines is 1. The van der Waals surface area contributed by atoms with Crippen LogP contribution in [-0.2, 0) is 6.42 Å². The molecule has 0 aliphatic heterocycles. The van der Waals surface area contributed by atoms with Gasteiger partial charge in [0.2, 0.25) is 0 Å². The number of carbonyl (C=O) groups is 1. The van der Waals surface area contributed by atoms with Crippen LogP contribution >= 0.6 is 22.9 Å². The van der Waals surface area contributed by atoms with E-state index in [1.165, 1.54) is 11.3 Å². The van der Waals surface area contributed by atoms with E-state index in [2.05, 4.69) is 10.3 Å². The fourth-order valence-electron chi connectivity index (χ4n) is 2.91. The first-order chi connectivity index (χ1) is 14.5. The number of rotatable bonds is 6. The van der Waals surface area contributed by atoms with Gasteiger partial charge in [-0.25, -0.2) is 4.98 Å². The van der Waals surface area contributed by atoms with Crippen molar-refractivity contribution in [2.45, 2.75) is 13.3 Å². The summed E-state index contributed by atoms with van der Waals surface area (Å²) >= 11 is 7.39. The van der Waals surface area contributed by atoms with E-state index >= 15 is 0 Å². The van der Waals surface area contributed by atoms with Gasteiger partial charge in [0.05, 0.1) is 0 Å². The molecule has 0 saturated heterocycles. The molecule has 4 rings (SSSR count). The Balaban J connectivity index is 1.37. The summed E-state index contributed by atoms with van der Waals surface area (Å²) < 4.78 is 5.83. The number of halogens is 1. The van der Waals surface area contributed by atoms with Gasteiger partial charge in [0.25, 0.3) is 5.91 Å². The molecule has 1 heterocycles. The van der Waals surface area contributed by atoms with Gasteiger partial charge in [-0.15, -0.1) is 11.3 Å². The van der Waals surface area contributed by atoms with Crippen LogP contribution in [0.3, 0.4) is 0 Å². The van der Waals surface area contributed by atoms with Crippen LogP contribution in [0, 0.1) is 6.92 Å².